The van der Waals surface area contributed by atoms with E-state index in [2.05, 4.69) is 20.6 Å². The highest BCUT2D eigenvalue weighted by atomic mass is 19.1. The number of aryl methyl sites for hydroxylation is 2. The molecule has 166 valence electrons. The number of aromatic nitrogens is 3. The predicted molar refractivity (Wildman–Crippen MR) is 120 cm³/mol. The molecular weight excluding hydrogens is 411 g/mol. The Balaban J connectivity index is 1.51. The van der Waals surface area contributed by atoms with Crippen LogP contribution in [0.5, 0.6) is 0 Å². The quantitative estimate of drug-likeness (QED) is 0.547. The number of nitrogens with zero attached hydrogens (tertiary/aromatic N) is 3. The lowest BCUT2D eigenvalue weighted by Crippen LogP contribution is -2.37. The van der Waals surface area contributed by atoms with Crippen molar-refractivity contribution >= 4 is 17.5 Å². The first kappa shape index (κ1) is 21.5. The largest absolute Gasteiger partial charge is 0.384 e. The lowest BCUT2D eigenvalue weighted by molar-refractivity contribution is -0.124. The van der Waals surface area contributed by atoms with Gasteiger partial charge in [-0.3, -0.25) is 14.2 Å². The van der Waals surface area contributed by atoms with Crippen molar-refractivity contribution in [3.05, 3.63) is 81.3 Å². The number of nitrogen functional groups attached to an aromatic ring is 1. The average molecular weight is 436 g/mol. The van der Waals surface area contributed by atoms with Crippen LogP contribution in [0.15, 0.2) is 47.5 Å². The monoisotopic (exact) mass is 436 g/mol. The van der Waals surface area contributed by atoms with Crippen molar-refractivity contribution in [2.24, 2.45) is 0 Å². The fourth-order valence-electron chi connectivity index (χ4n) is 3.89. The van der Waals surface area contributed by atoms with E-state index >= 15 is 0 Å². The number of nitrogens with two attached hydrogens (primary N) is 1. The van der Waals surface area contributed by atoms with Gasteiger partial charge in [0.25, 0.3) is 5.56 Å². The zero-order chi connectivity index (χ0) is 22.8. The predicted octanol–water partition coefficient (Wildman–Crippen LogP) is 2.64. The molecule has 3 aromatic rings. The number of benzene rings is 1. The van der Waals surface area contributed by atoms with Gasteiger partial charge in [0.1, 0.15) is 17.7 Å². The molecule has 32 heavy (non-hydrogen) atoms. The van der Waals surface area contributed by atoms with Gasteiger partial charge in [0.05, 0.1) is 6.04 Å². The maximum absolute atomic E-state index is 13.6. The third kappa shape index (κ3) is 4.32. The lowest BCUT2D eigenvalue weighted by Gasteiger charge is -2.19. The first-order chi connectivity index (χ1) is 15.3. The second-order valence-electron chi connectivity index (χ2n) is 8.00. The van der Waals surface area contributed by atoms with E-state index < -0.39 is 6.04 Å². The molecule has 2 aromatic heterocycles. The van der Waals surface area contributed by atoms with Gasteiger partial charge in [-0.15, -0.1) is 0 Å². The average Bonchev–Trinajstić information content (AvgIpc) is 3.21. The number of carbonyl (C=O) groups is 1. The molecule has 1 amide bonds. The van der Waals surface area contributed by atoms with E-state index in [0.29, 0.717) is 24.4 Å². The number of amides is 1. The Hall–Kier alpha value is -3.75. The molecule has 9 heteroatoms. The van der Waals surface area contributed by atoms with Gasteiger partial charge in [-0.05, 0) is 61.6 Å². The second-order valence-corrected chi connectivity index (χ2v) is 8.00. The summed E-state index contributed by atoms with van der Waals surface area (Å²) in [6.45, 7) is 3.98. The summed E-state index contributed by atoms with van der Waals surface area (Å²) in [6.07, 6.45) is 4.33. The van der Waals surface area contributed by atoms with E-state index in [1.807, 2.05) is 19.9 Å². The van der Waals surface area contributed by atoms with Crippen LogP contribution < -0.4 is 21.9 Å². The fraction of sp³-hybridized carbons (Fsp3) is 0.304. The van der Waals surface area contributed by atoms with E-state index in [1.165, 1.54) is 16.7 Å². The second kappa shape index (κ2) is 8.78. The molecule has 1 aromatic carbocycles. The highest BCUT2D eigenvalue weighted by molar-refractivity contribution is 5.81. The van der Waals surface area contributed by atoms with Gasteiger partial charge < -0.3 is 16.4 Å². The molecule has 0 saturated heterocycles. The topological polar surface area (TPSA) is 115 Å². The van der Waals surface area contributed by atoms with E-state index in [4.69, 9.17) is 5.73 Å². The number of hydrogen-bond acceptors (Lipinski definition) is 6. The Kier molecular flexibility index (Phi) is 5.89. The van der Waals surface area contributed by atoms with Gasteiger partial charge >= 0.3 is 0 Å². The van der Waals surface area contributed by atoms with Gasteiger partial charge in [-0.1, -0.05) is 12.1 Å². The molecule has 4 N–H and O–H groups in total. The summed E-state index contributed by atoms with van der Waals surface area (Å²) in [4.78, 5) is 34.4. The number of carbonyl (C=O) groups excluding carboxylic acids is 1. The summed E-state index contributed by atoms with van der Waals surface area (Å²) in [7, 11) is 0. The highest BCUT2D eigenvalue weighted by Gasteiger charge is 2.31. The molecule has 0 unspecified atom stereocenters. The molecule has 2 atom stereocenters. The molecule has 0 spiro atoms. The minimum atomic E-state index is -0.624. The molecule has 0 aliphatic carbocycles. The summed E-state index contributed by atoms with van der Waals surface area (Å²) in [6, 6.07) is 7.09. The molecule has 4 rings (SSSR count). The number of hydrogen-bond donors (Lipinski definition) is 3. The number of anilines is 2. The van der Waals surface area contributed by atoms with Crippen molar-refractivity contribution in [3.63, 3.8) is 0 Å². The van der Waals surface area contributed by atoms with Crippen molar-refractivity contribution in [3.8, 4) is 0 Å². The summed E-state index contributed by atoms with van der Waals surface area (Å²) in [5, 5.41) is 5.95. The Bertz CT molecular complexity index is 1210. The van der Waals surface area contributed by atoms with Crippen LogP contribution in [-0.4, -0.2) is 20.4 Å². The van der Waals surface area contributed by atoms with Crippen LogP contribution in [0.1, 0.15) is 47.8 Å². The van der Waals surface area contributed by atoms with Crippen LogP contribution in [0.2, 0.25) is 0 Å². The van der Waals surface area contributed by atoms with Crippen molar-refractivity contribution in [1.82, 2.24) is 19.9 Å². The van der Waals surface area contributed by atoms with Crippen molar-refractivity contribution in [1.29, 1.82) is 0 Å². The number of nitrogens with one attached hydrogen (secondary N) is 2. The summed E-state index contributed by atoms with van der Waals surface area (Å²) in [5.41, 5.74) is 8.43. The zero-order valence-electron chi connectivity index (χ0n) is 17.9. The molecule has 1 aliphatic heterocycles. The van der Waals surface area contributed by atoms with E-state index in [-0.39, 0.29) is 35.7 Å². The third-order valence-electron chi connectivity index (χ3n) is 5.79. The van der Waals surface area contributed by atoms with Crippen LogP contribution in [0, 0.1) is 12.7 Å². The summed E-state index contributed by atoms with van der Waals surface area (Å²) >= 11 is 0. The van der Waals surface area contributed by atoms with Crippen LogP contribution in [0.4, 0.5) is 16.0 Å². The number of halogens is 1. The maximum atomic E-state index is 13.6. The van der Waals surface area contributed by atoms with Crippen molar-refractivity contribution in [2.45, 2.75) is 45.3 Å². The highest BCUT2D eigenvalue weighted by Crippen LogP contribution is 2.25. The van der Waals surface area contributed by atoms with Gasteiger partial charge in [-0.25, -0.2) is 14.4 Å². The zero-order valence-corrected chi connectivity index (χ0v) is 17.9. The normalized spacial score (nSPS) is 15.8. The molecular formula is C23H25FN6O2. The van der Waals surface area contributed by atoms with E-state index in [0.717, 1.165) is 16.7 Å². The number of fused-ring (bicyclic) bond motifs is 1. The van der Waals surface area contributed by atoms with Crippen molar-refractivity contribution in [2.75, 3.05) is 11.1 Å². The molecule has 0 bridgehead atoms. The standard InChI is InChI=1S/C23H25FN6O2/c1-13-3-5-17(24)9-16(13)11-27-21-23(32)30-18(12-28-21)6-7-19(30)22(31)29-14(2)15-4-8-20(25)26-10-15/h3-5,8-10,12,14,19H,6-7,11H2,1-2H3,(H2,25,26)(H,27,28)(H,29,31)/t14-,19+/m1/s1. The summed E-state index contributed by atoms with van der Waals surface area (Å²) in [5.74, 6) is -0.0427. The van der Waals surface area contributed by atoms with Gasteiger partial charge in [0.15, 0.2) is 5.82 Å². The number of pyridine rings is 1. The van der Waals surface area contributed by atoms with Gasteiger partial charge in [0, 0.05) is 24.6 Å². The molecule has 3 heterocycles. The van der Waals surface area contributed by atoms with Crippen LogP contribution >= 0.6 is 0 Å². The van der Waals surface area contributed by atoms with Crippen LogP contribution in [-0.2, 0) is 17.8 Å². The van der Waals surface area contributed by atoms with E-state index in [1.54, 1.807) is 24.5 Å². The first-order valence-corrected chi connectivity index (χ1v) is 10.4. The molecule has 0 radical (unpaired) electrons. The molecule has 0 saturated carbocycles. The van der Waals surface area contributed by atoms with Crippen LogP contribution in [0.25, 0.3) is 0 Å². The Morgan fingerprint density at radius 1 is 1.28 bits per heavy atom. The minimum Gasteiger partial charge on any atom is -0.384 e. The molecule has 0 fully saturated rings. The molecule has 8 nitrogen and oxygen atoms in total. The van der Waals surface area contributed by atoms with Gasteiger partial charge in [-0.2, -0.15) is 0 Å². The Labute approximate surface area is 184 Å². The summed E-state index contributed by atoms with van der Waals surface area (Å²) < 4.78 is 15.1. The third-order valence-corrected chi connectivity index (χ3v) is 5.79. The lowest BCUT2D eigenvalue weighted by atomic mass is 10.1. The minimum absolute atomic E-state index is 0.132. The first-order valence-electron chi connectivity index (χ1n) is 10.4. The Morgan fingerprint density at radius 3 is 2.84 bits per heavy atom. The Morgan fingerprint density at radius 2 is 2.09 bits per heavy atom. The molecule has 1 aliphatic rings. The SMILES string of the molecule is Cc1ccc(F)cc1CNc1ncc2n(c1=O)[C@H](C(=O)N[C@H](C)c1ccc(N)nc1)CC2. The van der Waals surface area contributed by atoms with E-state index in [9.17, 15) is 14.0 Å². The van der Waals surface area contributed by atoms with Crippen molar-refractivity contribution < 1.29 is 9.18 Å². The fourth-order valence-corrected chi connectivity index (χ4v) is 3.89. The van der Waals surface area contributed by atoms with Gasteiger partial charge in [0.2, 0.25) is 5.91 Å². The number of rotatable bonds is 6. The smallest absolute Gasteiger partial charge is 0.294 e. The van der Waals surface area contributed by atoms with Crippen LogP contribution in [0.3, 0.4) is 0 Å². The maximum Gasteiger partial charge on any atom is 0.294 e.